The molecule has 1 aromatic rings. The lowest BCUT2D eigenvalue weighted by Crippen LogP contribution is -2.45. The molecule has 3 rings (SSSR count). The van der Waals surface area contributed by atoms with Gasteiger partial charge in [0, 0.05) is 13.1 Å². The van der Waals surface area contributed by atoms with Gasteiger partial charge in [-0.1, -0.05) is 31.9 Å². The molecule has 23 heavy (non-hydrogen) atoms. The van der Waals surface area contributed by atoms with E-state index in [0.29, 0.717) is 6.54 Å². The maximum absolute atomic E-state index is 13.2. The Hall–Kier alpha value is -1.13. The highest BCUT2D eigenvalue weighted by Crippen LogP contribution is 2.44. The first-order valence-electron chi connectivity index (χ1n) is 8.25. The second-order valence-electron chi connectivity index (χ2n) is 7.29. The molecule has 0 bridgehead atoms. The van der Waals surface area contributed by atoms with Crippen molar-refractivity contribution in [1.82, 2.24) is 4.90 Å². The number of nitrogens with two attached hydrogens (primary N) is 1. The molecule has 1 heterocycles. The van der Waals surface area contributed by atoms with Gasteiger partial charge in [-0.2, -0.15) is 0 Å². The van der Waals surface area contributed by atoms with Crippen molar-refractivity contribution in [3.63, 3.8) is 0 Å². The van der Waals surface area contributed by atoms with E-state index in [1.807, 2.05) is 4.90 Å². The van der Waals surface area contributed by atoms with Crippen LogP contribution in [0.15, 0.2) is 24.3 Å². The number of benzene rings is 1. The first-order valence-corrected chi connectivity index (χ1v) is 8.25. The van der Waals surface area contributed by atoms with Crippen LogP contribution in [0.1, 0.15) is 44.6 Å². The zero-order valence-electron chi connectivity index (χ0n) is 13.7. The van der Waals surface area contributed by atoms with Gasteiger partial charge in [0.1, 0.15) is 5.82 Å². The minimum absolute atomic E-state index is 0. The Balaban J connectivity index is 0.00000192. The largest absolute Gasteiger partial charge is 0.341 e. The van der Waals surface area contributed by atoms with Gasteiger partial charge in [0.25, 0.3) is 0 Å². The van der Waals surface area contributed by atoms with Gasteiger partial charge in [-0.25, -0.2) is 4.39 Å². The molecule has 2 aliphatic rings. The van der Waals surface area contributed by atoms with Crippen molar-refractivity contribution in [3.05, 3.63) is 35.6 Å². The molecule has 1 unspecified atom stereocenters. The quantitative estimate of drug-likeness (QED) is 0.918. The maximum Gasteiger partial charge on any atom is 0.233 e. The van der Waals surface area contributed by atoms with Crippen molar-refractivity contribution in [2.75, 3.05) is 19.6 Å². The highest BCUT2D eigenvalue weighted by molar-refractivity contribution is 5.89. The summed E-state index contributed by atoms with van der Waals surface area (Å²) >= 11 is 0. The van der Waals surface area contributed by atoms with Gasteiger partial charge < -0.3 is 10.6 Å². The van der Waals surface area contributed by atoms with Gasteiger partial charge in [-0.3, -0.25) is 4.79 Å². The lowest BCUT2D eigenvalue weighted by atomic mass is 9.77. The minimum atomic E-state index is -0.451. The fraction of sp³-hybridized carbons (Fsp3) is 0.611. The average Bonchev–Trinajstić information content (AvgIpc) is 3.16. The standard InChI is InChI=1S/C18H25FN2O.ClH/c1-17(12-20)10-11-21(13-17)16(22)18(8-2-3-9-18)14-4-6-15(19)7-5-14;/h4-7H,2-3,8-13,20H2,1H3;1H. The van der Waals surface area contributed by atoms with Crippen molar-refractivity contribution in [2.45, 2.75) is 44.4 Å². The van der Waals surface area contributed by atoms with Gasteiger partial charge in [0.15, 0.2) is 0 Å². The number of amides is 1. The van der Waals surface area contributed by atoms with Crippen molar-refractivity contribution >= 4 is 18.3 Å². The molecule has 3 nitrogen and oxygen atoms in total. The molecule has 1 amide bonds. The smallest absolute Gasteiger partial charge is 0.233 e. The highest BCUT2D eigenvalue weighted by atomic mass is 35.5. The van der Waals surface area contributed by atoms with E-state index in [1.165, 1.54) is 12.1 Å². The number of carbonyl (C=O) groups is 1. The van der Waals surface area contributed by atoms with Gasteiger partial charge in [0.05, 0.1) is 5.41 Å². The van der Waals surface area contributed by atoms with Crippen molar-refractivity contribution in [1.29, 1.82) is 0 Å². The summed E-state index contributed by atoms with van der Waals surface area (Å²) < 4.78 is 13.2. The molecular formula is C18H26ClFN2O. The summed E-state index contributed by atoms with van der Waals surface area (Å²) in [4.78, 5) is 15.2. The van der Waals surface area contributed by atoms with E-state index < -0.39 is 5.41 Å². The first-order chi connectivity index (χ1) is 10.5. The molecule has 1 atom stereocenters. The first kappa shape index (κ1) is 18.2. The predicted molar refractivity (Wildman–Crippen MR) is 92.2 cm³/mol. The van der Waals surface area contributed by atoms with Gasteiger partial charge in [-0.05, 0) is 48.9 Å². The Morgan fingerprint density at radius 2 is 1.83 bits per heavy atom. The fourth-order valence-corrected chi connectivity index (χ4v) is 4.04. The van der Waals surface area contributed by atoms with Gasteiger partial charge in [-0.15, -0.1) is 12.4 Å². The van der Waals surface area contributed by atoms with E-state index >= 15 is 0 Å². The van der Waals surface area contributed by atoms with E-state index in [-0.39, 0.29) is 29.5 Å². The molecule has 2 fully saturated rings. The van der Waals surface area contributed by atoms with Crippen molar-refractivity contribution < 1.29 is 9.18 Å². The Labute approximate surface area is 143 Å². The fourth-order valence-electron chi connectivity index (χ4n) is 4.04. The van der Waals surface area contributed by atoms with Crippen LogP contribution in [-0.4, -0.2) is 30.4 Å². The topological polar surface area (TPSA) is 46.3 Å². The number of nitrogens with zero attached hydrogens (tertiary/aromatic N) is 1. The Morgan fingerprint density at radius 1 is 1.22 bits per heavy atom. The summed E-state index contributed by atoms with van der Waals surface area (Å²) in [5.74, 6) is -0.0324. The van der Waals surface area contributed by atoms with Gasteiger partial charge >= 0.3 is 0 Å². The van der Waals surface area contributed by atoms with Crippen LogP contribution in [-0.2, 0) is 10.2 Å². The van der Waals surface area contributed by atoms with E-state index in [0.717, 1.165) is 50.8 Å². The van der Waals surface area contributed by atoms with Crippen LogP contribution in [0, 0.1) is 11.2 Å². The second-order valence-corrected chi connectivity index (χ2v) is 7.29. The van der Waals surface area contributed by atoms with Crippen molar-refractivity contribution in [3.8, 4) is 0 Å². The van der Waals surface area contributed by atoms with Crippen LogP contribution >= 0.6 is 12.4 Å². The average molecular weight is 341 g/mol. The molecule has 5 heteroatoms. The summed E-state index contributed by atoms with van der Waals surface area (Å²) in [6.07, 6.45) is 4.82. The lowest BCUT2D eigenvalue weighted by Gasteiger charge is -2.34. The number of hydrogen-bond donors (Lipinski definition) is 1. The summed E-state index contributed by atoms with van der Waals surface area (Å²) in [5.41, 5.74) is 6.42. The van der Waals surface area contributed by atoms with Gasteiger partial charge in [0.2, 0.25) is 5.91 Å². The monoisotopic (exact) mass is 340 g/mol. The number of rotatable bonds is 3. The van der Waals surface area contributed by atoms with Crippen LogP contribution in [0.25, 0.3) is 0 Å². The lowest BCUT2D eigenvalue weighted by molar-refractivity contribution is -0.136. The third-order valence-electron chi connectivity index (χ3n) is 5.60. The zero-order chi connectivity index (χ0) is 15.8. The maximum atomic E-state index is 13.2. The molecule has 0 aromatic heterocycles. The summed E-state index contributed by atoms with van der Waals surface area (Å²) in [7, 11) is 0. The molecule has 1 saturated heterocycles. The third kappa shape index (κ3) is 3.24. The van der Waals surface area contributed by atoms with Crippen LogP contribution < -0.4 is 5.73 Å². The van der Waals surface area contributed by atoms with Crippen LogP contribution in [0.4, 0.5) is 4.39 Å². The van der Waals surface area contributed by atoms with E-state index in [9.17, 15) is 9.18 Å². The second kappa shape index (κ2) is 6.78. The Kier molecular flexibility index (Phi) is 5.37. The molecule has 2 N–H and O–H groups in total. The van der Waals surface area contributed by atoms with Crippen LogP contribution in [0.2, 0.25) is 0 Å². The molecule has 0 radical (unpaired) electrons. The Bertz CT molecular complexity index is 557. The minimum Gasteiger partial charge on any atom is -0.341 e. The molecule has 1 aromatic carbocycles. The summed E-state index contributed by atoms with van der Waals surface area (Å²) in [6.45, 7) is 4.29. The highest BCUT2D eigenvalue weighted by Gasteiger charge is 2.47. The molecule has 1 aliphatic carbocycles. The SMILES string of the molecule is CC1(CN)CCN(C(=O)C2(c3ccc(F)cc3)CCCC2)C1.Cl. The number of halogens is 2. The molecule has 0 spiro atoms. The molecule has 128 valence electrons. The zero-order valence-corrected chi connectivity index (χ0v) is 14.5. The van der Waals surface area contributed by atoms with Crippen LogP contribution in [0.3, 0.4) is 0 Å². The number of likely N-dealkylation sites (tertiary alicyclic amines) is 1. The molecule has 1 aliphatic heterocycles. The molecule has 1 saturated carbocycles. The third-order valence-corrected chi connectivity index (χ3v) is 5.60. The van der Waals surface area contributed by atoms with Crippen LogP contribution in [0.5, 0.6) is 0 Å². The van der Waals surface area contributed by atoms with E-state index in [2.05, 4.69) is 6.92 Å². The molecular weight excluding hydrogens is 315 g/mol. The summed E-state index contributed by atoms with van der Waals surface area (Å²) in [5, 5.41) is 0. The normalized spacial score (nSPS) is 26.1. The van der Waals surface area contributed by atoms with Crippen molar-refractivity contribution in [2.24, 2.45) is 11.1 Å². The number of carbonyl (C=O) groups excluding carboxylic acids is 1. The predicted octanol–water partition coefficient (Wildman–Crippen LogP) is 3.26. The summed E-state index contributed by atoms with van der Waals surface area (Å²) in [6, 6.07) is 6.51. The van der Waals surface area contributed by atoms with E-state index in [1.54, 1.807) is 12.1 Å². The van der Waals surface area contributed by atoms with E-state index in [4.69, 9.17) is 5.73 Å². The Morgan fingerprint density at radius 3 is 2.35 bits per heavy atom. The number of hydrogen-bond acceptors (Lipinski definition) is 2.